The van der Waals surface area contributed by atoms with Gasteiger partial charge in [-0.15, -0.1) is 0 Å². The summed E-state index contributed by atoms with van der Waals surface area (Å²) in [4.78, 5) is 16.7. The van der Waals surface area contributed by atoms with Gasteiger partial charge in [0.05, 0.1) is 13.2 Å². The van der Waals surface area contributed by atoms with Gasteiger partial charge in [0, 0.05) is 0 Å². The van der Waals surface area contributed by atoms with Gasteiger partial charge in [-0.2, -0.15) is 0 Å². The zero-order chi connectivity index (χ0) is 18.2. The minimum Gasteiger partial charge on any atom is -0.494 e. The molecular weight excluding hydrogens is 308 g/mol. The molecule has 0 aromatic heterocycles. The molecule has 126 valence electrons. The van der Waals surface area contributed by atoms with Gasteiger partial charge in [0.1, 0.15) is 11.5 Å². The second-order valence-electron chi connectivity index (χ2n) is 4.12. The molecule has 0 saturated heterocycles. The number of carbonyl (C=O) groups excluding carboxylic acids is 2. The van der Waals surface area contributed by atoms with Crippen molar-refractivity contribution in [2.75, 3.05) is 13.2 Å². The molecular formula is C18H20N2O4. The lowest BCUT2D eigenvalue weighted by Crippen LogP contribution is -1.91. The number of hydrogen-bond acceptors (Lipinski definition) is 6. The molecule has 0 atom stereocenters. The summed E-state index contributed by atoms with van der Waals surface area (Å²) in [6.45, 7) is 5.37. The first kappa shape index (κ1) is 20.8. The monoisotopic (exact) mass is 328 g/mol. The molecule has 0 amide bonds. The van der Waals surface area contributed by atoms with Crippen LogP contribution < -0.4 is 9.47 Å². The summed E-state index contributed by atoms with van der Waals surface area (Å²) in [5, 5.41) is 10.8. The highest BCUT2D eigenvalue weighted by Gasteiger charge is 1.99. The average molecular weight is 328 g/mol. The number of benzene rings is 2. The van der Waals surface area contributed by atoms with Crippen LogP contribution in [0.15, 0.2) is 48.5 Å². The molecule has 2 aromatic rings. The van der Waals surface area contributed by atoms with Crippen molar-refractivity contribution in [1.82, 2.24) is 0 Å². The van der Waals surface area contributed by atoms with Crippen LogP contribution >= 0.6 is 0 Å². The molecule has 0 unspecified atom stereocenters. The van der Waals surface area contributed by atoms with Gasteiger partial charge in [0.2, 0.25) is 12.2 Å². The molecule has 0 fully saturated rings. The first-order valence-corrected chi connectivity index (χ1v) is 7.20. The maximum Gasteiger partial charge on any atom is 0.231 e. The van der Waals surface area contributed by atoms with Crippen molar-refractivity contribution in [3.63, 3.8) is 0 Å². The molecule has 2 aromatic carbocycles. The summed E-state index contributed by atoms with van der Waals surface area (Å²) in [5.74, 6) is 1.82. The number of nitrogens with one attached hydrogen (secondary N) is 2. The highest BCUT2D eigenvalue weighted by Crippen LogP contribution is 2.24. The first-order valence-electron chi connectivity index (χ1n) is 7.20. The van der Waals surface area contributed by atoms with Crippen LogP contribution in [0.25, 0.3) is 11.1 Å². The fraction of sp³-hybridized carbons (Fsp3) is 0.222. The van der Waals surface area contributed by atoms with E-state index in [0.29, 0.717) is 13.2 Å². The Morgan fingerprint density at radius 3 is 1.17 bits per heavy atom. The molecule has 0 bridgehead atoms. The van der Waals surface area contributed by atoms with Gasteiger partial charge in [-0.3, -0.25) is 0 Å². The maximum absolute atomic E-state index is 8.35. The Bertz CT molecular complexity index is 580. The minimum absolute atomic E-state index is 0.697. The lowest BCUT2D eigenvalue weighted by molar-refractivity contribution is 0.340. The normalized spacial score (nSPS) is 8.25. The molecule has 2 rings (SSSR count). The lowest BCUT2D eigenvalue weighted by atomic mass is 10.1. The molecule has 6 heteroatoms. The smallest absolute Gasteiger partial charge is 0.231 e. The van der Waals surface area contributed by atoms with Gasteiger partial charge < -0.3 is 9.47 Å². The van der Waals surface area contributed by atoms with E-state index in [9.17, 15) is 0 Å². The Morgan fingerprint density at radius 1 is 0.708 bits per heavy atom. The predicted octanol–water partition coefficient (Wildman–Crippen LogP) is 3.95. The van der Waals surface area contributed by atoms with Gasteiger partial charge >= 0.3 is 0 Å². The van der Waals surface area contributed by atoms with E-state index in [-0.39, 0.29) is 0 Å². The Kier molecular flexibility index (Phi) is 11.7. The van der Waals surface area contributed by atoms with Crippen molar-refractivity contribution in [3.8, 4) is 22.6 Å². The quantitative estimate of drug-likeness (QED) is 0.641. The third kappa shape index (κ3) is 8.29. The van der Waals surface area contributed by atoms with Crippen molar-refractivity contribution >= 4 is 12.2 Å². The molecule has 0 aliphatic carbocycles. The zero-order valence-electron chi connectivity index (χ0n) is 13.7. The molecule has 6 nitrogen and oxygen atoms in total. The SMILES string of the molecule is CCOc1ccc(-c2ccc(OCC)cc2)cc1.N=C=O.N=C=O. The molecule has 0 radical (unpaired) electrons. The Labute approximate surface area is 141 Å². The van der Waals surface area contributed by atoms with Crippen molar-refractivity contribution in [2.45, 2.75) is 13.8 Å². The standard InChI is InChI=1S/C16H18O2.2CHNO/c1-3-17-15-9-5-13(6-10-15)14-7-11-16(12-8-14)18-4-2;2*2-1-3/h5-12H,3-4H2,1-2H3;2*2H. The average Bonchev–Trinajstić information content (AvgIpc) is 2.58. The van der Waals surface area contributed by atoms with Crippen molar-refractivity contribution in [3.05, 3.63) is 48.5 Å². The van der Waals surface area contributed by atoms with Crippen LogP contribution in [-0.2, 0) is 9.59 Å². The van der Waals surface area contributed by atoms with Gasteiger partial charge in [-0.25, -0.2) is 20.4 Å². The summed E-state index contributed by atoms with van der Waals surface area (Å²) < 4.78 is 10.9. The van der Waals surface area contributed by atoms with E-state index in [1.54, 1.807) is 0 Å². The second kappa shape index (κ2) is 13.5. The van der Waals surface area contributed by atoms with Gasteiger partial charge in [0.15, 0.2) is 0 Å². The van der Waals surface area contributed by atoms with Crippen LogP contribution in [-0.4, -0.2) is 25.4 Å². The zero-order valence-corrected chi connectivity index (χ0v) is 13.7. The molecule has 24 heavy (non-hydrogen) atoms. The number of ether oxygens (including phenoxy) is 2. The van der Waals surface area contributed by atoms with E-state index in [4.69, 9.17) is 29.9 Å². The van der Waals surface area contributed by atoms with E-state index in [1.165, 1.54) is 11.1 Å². The fourth-order valence-electron chi connectivity index (χ4n) is 1.82. The predicted molar refractivity (Wildman–Crippen MR) is 91.0 cm³/mol. The summed E-state index contributed by atoms with van der Waals surface area (Å²) >= 11 is 0. The minimum atomic E-state index is 0.697. The van der Waals surface area contributed by atoms with Crippen LogP contribution in [0.1, 0.15) is 13.8 Å². The molecule has 2 N–H and O–H groups in total. The third-order valence-electron chi connectivity index (χ3n) is 2.66. The molecule has 0 heterocycles. The van der Waals surface area contributed by atoms with Gasteiger partial charge in [0.25, 0.3) is 0 Å². The number of isocyanates is 2. The lowest BCUT2D eigenvalue weighted by Gasteiger charge is -2.07. The topological polar surface area (TPSA) is 100 Å². The van der Waals surface area contributed by atoms with Crippen molar-refractivity contribution in [2.24, 2.45) is 0 Å². The van der Waals surface area contributed by atoms with E-state index < -0.39 is 0 Å². The van der Waals surface area contributed by atoms with E-state index in [2.05, 4.69) is 24.3 Å². The number of rotatable bonds is 5. The highest BCUT2D eigenvalue weighted by atomic mass is 16.5. The van der Waals surface area contributed by atoms with E-state index in [1.807, 2.05) is 38.1 Å². The van der Waals surface area contributed by atoms with Crippen molar-refractivity contribution in [1.29, 1.82) is 10.8 Å². The molecule has 0 aliphatic rings. The van der Waals surface area contributed by atoms with Crippen LogP contribution in [0, 0.1) is 10.8 Å². The Morgan fingerprint density at radius 2 is 0.958 bits per heavy atom. The van der Waals surface area contributed by atoms with Crippen LogP contribution in [0.5, 0.6) is 11.5 Å². The fourth-order valence-corrected chi connectivity index (χ4v) is 1.82. The second-order valence-corrected chi connectivity index (χ2v) is 4.12. The highest BCUT2D eigenvalue weighted by molar-refractivity contribution is 5.64. The van der Waals surface area contributed by atoms with Crippen molar-refractivity contribution < 1.29 is 19.1 Å². The van der Waals surface area contributed by atoms with Gasteiger partial charge in [-0.05, 0) is 49.2 Å². The molecule has 0 spiro atoms. The van der Waals surface area contributed by atoms with E-state index in [0.717, 1.165) is 23.7 Å². The van der Waals surface area contributed by atoms with Gasteiger partial charge in [-0.1, -0.05) is 24.3 Å². The Balaban J connectivity index is 0.000000772. The summed E-state index contributed by atoms with van der Waals surface area (Å²) in [6.07, 6.45) is 1.50. The Hall–Kier alpha value is -3.20. The summed E-state index contributed by atoms with van der Waals surface area (Å²) in [6, 6.07) is 16.3. The molecule has 0 saturated carbocycles. The first-order chi connectivity index (χ1) is 11.7. The number of hydrogen-bond donors (Lipinski definition) is 2. The largest absolute Gasteiger partial charge is 0.494 e. The maximum atomic E-state index is 8.35. The third-order valence-corrected chi connectivity index (χ3v) is 2.66. The van der Waals surface area contributed by atoms with E-state index >= 15 is 0 Å². The summed E-state index contributed by atoms with van der Waals surface area (Å²) in [7, 11) is 0. The van der Waals surface area contributed by atoms with Crippen LogP contribution in [0.3, 0.4) is 0 Å². The summed E-state index contributed by atoms with van der Waals surface area (Å²) in [5.41, 5.74) is 2.36. The molecule has 0 aliphatic heterocycles. The van der Waals surface area contributed by atoms with Crippen LogP contribution in [0.2, 0.25) is 0 Å². The van der Waals surface area contributed by atoms with Crippen LogP contribution in [0.4, 0.5) is 0 Å².